The molecule has 0 spiro atoms. The first-order valence-electron chi connectivity index (χ1n) is 20.5. The lowest BCUT2D eigenvalue weighted by Gasteiger charge is -2.50. The molecule has 0 saturated carbocycles. The molecule has 2 aliphatic heterocycles. The van der Waals surface area contributed by atoms with Crippen molar-refractivity contribution in [2.24, 2.45) is 0 Å². The van der Waals surface area contributed by atoms with Crippen LogP contribution in [0.2, 0.25) is 0 Å². The lowest BCUT2D eigenvalue weighted by molar-refractivity contribution is -0.336. The Kier molecular flexibility index (Phi) is 14.2. The maximum atomic E-state index is 12.6. The summed E-state index contributed by atoms with van der Waals surface area (Å²) >= 11 is 0. The second kappa shape index (κ2) is 19.1. The molecule has 0 radical (unpaired) electrons. The molecule has 10 heteroatoms. The molecule has 2 heterocycles. The Labute approximate surface area is 344 Å². The van der Waals surface area contributed by atoms with E-state index in [2.05, 4.69) is 60.0 Å². The van der Waals surface area contributed by atoms with Gasteiger partial charge in [-0.2, -0.15) is 0 Å². The lowest BCUT2D eigenvalue weighted by Crippen LogP contribution is -2.63. The normalized spacial score (nSPS) is 22.1. The second-order valence-corrected chi connectivity index (χ2v) is 16.7. The molecule has 4 aromatic rings. The van der Waals surface area contributed by atoms with E-state index in [1.165, 1.54) is 0 Å². The van der Waals surface area contributed by atoms with Crippen molar-refractivity contribution in [1.29, 1.82) is 0 Å². The second-order valence-electron chi connectivity index (χ2n) is 16.7. The molecule has 2 amide bonds. The zero-order valence-electron chi connectivity index (χ0n) is 35.0. The molecule has 2 fully saturated rings. The Morgan fingerprint density at radius 1 is 0.897 bits per heavy atom. The van der Waals surface area contributed by atoms with E-state index in [1.807, 2.05) is 79.7 Å². The zero-order chi connectivity index (χ0) is 41.3. The highest BCUT2D eigenvalue weighted by Crippen LogP contribution is 2.55. The number of rotatable bonds is 19. The smallest absolute Gasteiger partial charge is 0.242 e. The van der Waals surface area contributed by atoms with Crippen LogP contribution in [-0.2, 0) is 60.4 Å². The number of aliphatic hydroxyl groups is 1. The molecule has 10 nitrogen and oxygen atoms in total. The van der Waals surface area contributed by atoms with E-state index in [1.54, 1.807) is 20.8 Å². The number of carbonyl (C=O) groups excluding carboxylic acids is 2. The summed E-state index contributed by atoms with van der Waals surface area (Å²) in [7, 11) is 3.90. The summed E-state index contributed by atoms with van der Waals surface area (Å²) in [5.41, 5.74) is 5.19. The van der Waals surface area contributed by atoms with Gasteiger partial charge in [0.1, 0.15) is 17.7 Å². The van der Waals surface area contributed by atoms with Crippen molar-refractivity contribution in [1.82, 2.24) is 15.5 Å². The van der Waals surface area contributed by atoms with Gasteiger partial charge in [-0.1, -0.05) is 97.1 Å². The van der Waals surface area contributed by atoms with Crippen LogP contribution >= 0.6 is 0 Å². The third-order valence-electron chi connectivity index (χ3n) is 11.5. The van der Waals surface area contributed by atoms with Crippen LogP contribution in [0.25, 0.3) is 0 Å². The SMILES string of the molecule is Cc1ccc([C@@]23OC[C@@](C(C)(C)O)(C[C@H](OCc4ccccc4)[C@H]2OCc2ccccc2)O3)cc1Cc1ccc(CCCC(=O)N[C@H](C)C(=O)NCCN(C)C)cc1. The quantitative estimate of drug-likeness (QED) is 0.100. The van der Waals surface area contributed by atoms with Crippen LogP contribution in [0.3, 0.4) is 0 Å². The highest BCUT2D eigenvalue weighted by atomic mass is 16.8. The van der Waals surface area contributed by atoms with Crippen LogP contribution in [0.15, 0.2) is 103 Å². The number of hydrogen-bond donors (Lipinski definition) is 3. The monoisotopic (exact) mass is 791 g/mol. The molecule has 2 saturated heterocycles. The first-order valence-corrected chi connectivity index (χ1v) is 20.5. The number of amides is 2. The van der Waals surface area contributed by atoms with Gasteiger partial charge in [-0.3, -0.25) is 9.59 Å². The van der Waals surface area contributed by atoms with Crippen molar-refractivity contribution in [2.45, 2.75) is 108 Å². The predicted octanol–water partition coefficient (Wildman–Crippen LogP) is 6.37. The van der Waals surface area contributed by atoms with E-state index in [0.717, 1.165) is 51.9 Å². The number of likely N-dealkylation sites (N-methyl/N-ethyl adjacent to an activating group) is 1. The zero-order valence-corrected chi connectivity index (χ0v) is 35.0. The lowest BCUT2D eigenvalue weighted by atomic mass is 9.77. The van der Waals surface area contributed by atoms with Gasteiger partial charge in [0.25, 0.3) is 0 Å². The van der Waals surface area contributed by atoms with Gasteiger partial charge in [-0.25, -0.2) is 0 Å². The summed E-state index contributed by atoms with van der Waals surface area (Å²) in [5.74, 6) is -1.64. The molecule has 0 aromatic heterocycles. The molecule has 0 unspecified atom stereocenters. The number of fused-ring (bicyclic) bond motifs is 2. The minimum Gasteiger partial charge on any atom is -0.387 e. The first-order chi connectivity index (χ1) is 27.8. The van der Waals surface area contributed by atoms with E-state index in [4.69, 9.17) is 18.9 Å². The van der Waals surface area contributed by atoms with Gasteiger partial charge in [0.2, 0.25) is 17.6 Å². The number of carbonyl (C=O) groups is 2. The topological polar surface area (TPSA) is 119 Å². The largest absolute Gasteiger partial charge is 0.387 e. The summed E-state index contributed by atoms with van der Waals surface area (Å²) in [5, 5.41) is 17.3. The van der Waals surface area contributed by atoms with Gasteiger partial charge in [0, 0.05) is 31.5 Å². The Bertz CT molecular complexity index is 1950. The molecule has 4 aromatic carbocycles. The number of benzene rings is 4. The Morgan fingerprint density at radius 3 is 2.17 bits per heavy atom. The number of aryl methyl sites for hydroxylation is 2. The van der Waals surface area contributed by atoms with E-state index >= 15 is 0 Å². The van der Waals surface area contributed by atoms with Crippen LogP contribution < -0.4 is 10.6 Å². The maximum Gasteiger partial charge on any atom is 0.242 e. The molecule has 3 N–H and O–H groups in total. The molecular formula is C48H61N3O7. The van der Waals surface area contributed by atoms with E-state index in [-0.39, 0.29) is 18.4 Å². The van der Waals surface area contributed by atoms with Gasteiger partial charge in [0.05, 0.1) is 31.5 Å². The van der Waals surface area contributed by atoms with E-state index in [0.29, 0.717) is 45.4 Å². The summed E-state index contributed by atoms with van der Waals surface area (Å²) in [4.78, 5) is 26.9. The van der Waals surface area contributed by atoms with Crippen LogP contribution in [0, 0.1) is 6.92 Å². The average Bonchev–Trinajstić information content (AvgIpc) is 3.54. The summed E-state index contributed by atoms with van der Waals surface area (Å²) in [6.07, 6.45) is 1.78. The Balaban J connectivity index is 1.16. The van der Waals surface area contributed by atoms with Crippen molar-refractivity contribution in [3.05, 3.63) is 142 Å². The maximum absolute atomic E-state index is 12.6. The number of nitrogens with zero attached hydrogens (tertiary/aromatic N) is 1. The van der Waals surface area contributed by atoms with Crippen LogP contribution in [-0.4, -0.2) is 85.1 Å². The fourth-order valence-electron chi connectivity index (χ4n) is 7.76. The number of hydrogen-bond acceptors (Lipinski definition) is 8. The van der Waals surface area contributed by atoms with Gasteiger partial charge in [0.15, 0.2) is 0 Å². The van der Waals surface area contributed by atoms with Gasteiger partial charge >= 0.3 is 0 Å². The summed E-state index contributed by atoms with van der Waals surface area (Å²) in [6, 6.07) is 34.4. The molecule has 58 heavy (non-hydrogen) atoms. The van der Waals surface area contributed by atoms with Crippen molar-refractivity contribution < 1.29 is 33.6 Å². The molecule has 2 bridgehead atoms. The van der Waals surface area contributed by atoms with E-state index < -0.39 is 35.2 Å². The number of nitrogens with one attached hydrogen (secondary N) is 2. The van der Waals surface area contributed by atoms with E-state index in [9.17, 15) is 14.7 Å². The first kappa shape index (κ1) is 43.2. The molecular weight excluding hydrogens is 731 g/mol. The molecule has 5 atom stereocenters. The predicted molar refractivity (Wildman–Crippen MR) is 225 cm³/mol. The number of ether oxygens (including phenoxy) is 4. The van der Waals surface area contributed by atoms with Gasteiger partial charge in [-0.05, 0) is 100 Å². The van der Waals surface area contributed by atoms with Crippen LogP contribution in [0.5, 0.6) is 0 Å². The molecule has 6 rings (SSSR count). The minimum atomic E-state index is -1.33. The molecule has 310 valence electrons. The van der Waals surface area contributed by atoms with Crippen molar-refractivity contribution in [2.75, 3.05) is 33.8 Å². The fraction of sp³-hybridized carbons (Fsp3) is 0.458. The summed E-state index contributed by atoms with van der Waals surface area (Å²) < 4.78 is 27.4. The fourth-order valence-corrected chi connectivity index (χ4v) is 7.76. The summed E-state index contributed by atoms with van der Waals surface area (Å²) in [6.45, 7) is 9.56. The van der Waals surface area contributed by atoms with Gasteiger partial charge < -0.3 is 39.6 Å². The highest BCUT2D eigenvalue weighted by Gasteiger charge is 2.68. The van der Waals surface area contributed by atoms with Crippen molar-refractivity contribution >= 4 is 11.8 Å². The average molecular weight is 792 g/mol. The van der Waals surface area contributed by atoms with Crippen molar-refractivity contribution in [3.8, 4) is 0 Å². The third-order valence-corrected chi connectivity index (χ3v) is 11.5. The van der Waals surface area contributed by atoms with Crippen LogP contribution in [0.4, 0.5) is 0 Å². The Hall–Kier alpha value is -4.42. The molecule has 2 aliphatic rings. The minimum absolute atomic E-state index is 0.128. The van der Waals surface area contributed by atoms with Gasteiger partial charge in [-0.15, -0.1) is 0 Å². The van der Waals surface area contributed by atoms with Crippen LogP contribution in [0.1, 0.15) is 79.0 Å². The molecule has 0 aliphatic carbocycles. The Morgan fingerprint density at radius 2 is 1.53 bits per heavy atom. The van der Waals surface area contributed by atoms with Crippen molar-refractivity contribution in [3.63, 3.8) is 0 Å². The third kappa shape index (κ3) is 10.6. The highest BCUT2D eigenvalue weighted by molar-refractivity contribution is 5.87. The standard InChI is InChI=1S/C48H61N3O7/c1-34-20-25-41(29-40(34)28-37-23-21-36(22-24-37)18-13-19-43(52)50-35(2)45(53)49-26-27-51(5)6)48-44(56-32-39-16-11-8-12-17-39)42(55-31-38-14-9-7-10-15-38)30-47(58-48,33-57-48)46(3,4)54/h7-12,14-17,20-25,29,35,42,44,54H,13,18-19,26-28,30-33H2,1-6H3,(H,49,53)(H,50,52)/t35-,42+,44-,47-,48+/m1/s1.